The van der Waals surface area contributed by atoms with E-state index in [1.165, 1.54) is 45.6 Å². The van der Waals surface area contributed by atoms with Crippen LogP contribution in [0.4, 0.5) is 0 Å². The Morgan fingerprint density at radius 1 is 1.00 bits per heavy atom. The second kappa shape index (κ2) is 9.74. The fourth-order valence-corrected chi connectivity index (χ4v) is 3.38. The lowest BCUT2D eigenvalue weighted by Crippen LogP contribution is -2.48. The van der Waals surface area contributed by atoms with E-state index in [1.54, 1.807) is 0 Å². The molecule has 2 N–H and O–H groups in total. The quantitative estimate of drug-likeness (QED) is 0.692. The number of morpholine rings is 1. The van der Waals surface area contributed by atoms with E-state index < -0.39 is 0 Å². The van der Waals surface area contributed by atoms with Crippen LogP contribution in [0.2, 0.25) is 0 Å². The highest BCUT2D eigenvalue weighted by Gasteiger charge is 2.23. The molecule has 21 heavy (non-hydrogen) atoms. The Bertz CT molecular complexity index is 277. The molecule has 124 valence electrons. The third kappa shape index (κ3) is 6.20. The van der Waals surface area contributed by atoms with Crippen LogP contribution in [-0.4, -0.2) is 92.9 Å². The van der Waals surface area contributed by atoms with E-state index in [4.69, 9.17) is 10.5 Å². The molecule has 0 amide bonds. The Kier molecular flexibility index (Phi) is 7.96. The van der Waals surface area contributed by atoms with Crippen molar-refractivity contribution < 1.29 is 4.74 Å². The average molecular weight is 298 g/mol. The van der Waals surface area contributed by atoms with Crippen LogP contribution < -0.4 is 5.73 Å². The molecule has 0 aromatic heterocycles. The number of ether oxygens (including phenoxy) is 1. The lowest BCUT2D eigenvalue weighted by molar-refractivity contribution is -0.0413. The van der Waals surface area contributed by atoms with Gasteiger partial charge in [-0.2, -0.15) is 0 Å². The third-order valence-corrected chi connectivity index (χ3v) is 4.74. The van der Waals surface area contributed by atoms with Crippen molar-refractivity contribution in [3.63, 3.8) is 0 Å². The topological polar surface area (TPSA) is 45.0 Å². The summed E-state index contributed by atoms with van der Waals surface area (Å²) in [6.07, 6.45) is 4.09. The first-order valence-corrected chi connectivity index (χ1v) is 8.80. The monoisotopic (exact) mass is 298 g/mol. The van der Waals surface area contributed by atoms with Crippen molar-refractivity contribution in [1.82, 2.24) is 14.7 Å². The molecule has 0 spiro atoms. The van der Waals surface area contributed by atoms with Crippen LogP contribution >= 0.6 is 0 Å². The number of rotatable bonds is 7. The zero-order valence-electron chi connectivity index (χ0n) is 13.8. The molecule has 0 aliphatic carbocycles. The minimum absolute atomic E-state index is 0.405. The molecular weight excluding hydrogens is 264 g/mol. The van der Waals surface area contributed by atoms with Crippen molar-refractivity contribution >= 4 is 0 Å². The van der Waals surface area contributed by atoms with Crippen LogP contribution in [0.3, 0.4) is 0 Å². The Balaban J connectivity index is 1.67. The Morgan fingerprint density at radius 2 is 1.81 bits per heavy atom. The summed E-state index contributed by atoms with van der Waals surface area (Å²) in [5.41, 5.74) is 5.58. The maximum Gasteiger partial charge on any atom is 0.0829 e. The summed E-state index contributed by atoms with van der Waals surface area (Å²) in [6.45, 7) is 14.5. The summed E-state index contributed by atoms with van der Waals surface area (Å²) in [7, 11) is 0. The first-order valence-electron chi connectivity index (χ1n) is 8.80. The van der Waals surface area contributed by atoms with Gasteiger partial charge in [0.2, 0.25) is 0 Å². The Hall–Kier alpha value is -0.200. The van der Waals surface area contributed by atoms with E-state index in [-0.39, 0.29) is 0 Å². The number of unbranched alkanes of at least 4 members (excludes halogenated alkanes) is 1. The molecule has 5 nitrogen and oxygen atoms in total. The summed E-state index contributed by atoms with van der Waals surface area (Å²) < 4.78 is 5.95. The van der Waals surface area contributed by atoms with Gasteiger partial charge in [0.15, 0.2) is 0 Å². The molecule has 0 bridgehead atoms. The summed E-state index contributed by atoms with van der Waals surface area (Å²) in [4.78, 5) is 7.72. The largest absolute Gasteiger partial charge is 0.374 e. The van der Waals surface area contributed by atoms with Gasteiger partial charge in [-0.25, -0.2) is 0 Å². The van der Waals surface area contributed by atoms with Crippen LogP contribution in [0.5, 0.6) is 0 Å². The van der Waals surface area contributed by atoms with Gasteiger partial charge < -0.3 is 15.4 Å². The zero-order chi connectivity index (χ0) is 14.9. The molecule has 0 radical (unpaired) electrons. The maximum absolute atomic E-state index is 5.95. The van der Waals surface area contributed by atoms with Gasteiger partial charge in [0.1, 0.15) is 0 Å². The van der Waals surface area contributed by atoms with Crippen LogP contribution in [0.15, 0.2) is 0 Å². The Morgan fingerprint density at radius 3 is 2.62 bits per heavy atom. The lowest BCUT2D eigenvalue weighted by Gasteiger charge is -2.35. The molecule has 1 unspecified atom stereocenters. The van der Waals surface area contributed by atoms with Crippen LogP contribution in [0, 0.1) is 0 Å². The number of nitrogens with zero attached hydrogens (tertiary/aromatic N) is 3. The van der Waals surface area contributed by atoms with Gasteiger partial charge in [-0.1, -0.05) is 6.92 Å². The van der Waals surface area contributed by atoms with Gasteiger partial charge in [0, 0.05) is 32.7 Å². The zero-order valence-corrected chi connectivity index (χ0v) is 13.8. The van der Waals surface area contributed by atoms with E-state index in [2.05, 4.69) is 21.6 Å². The van der Waals surface area contributed by atoms with Crippen LogP contribution in [-0.2, 0) is 4.74 Å². The lowest BCUT2D eigenvalue weighted by atomic mass is 10.2. The predicted octanol–water partition coefficient (Wildman–Crippen LogP) is 0.454. The summed E-state index contributed by atoms with van der Waals surface area (Å²) in [6, 6.07) is 0. The van der Waals surface area contributed by atoms with Gasteiger partial charge >= 0.3 is 0 Å². The third-order valence-electron chi connectivity index (χ3n) is 4.74. The van der Waals surface area contributed by atoms with E-state index >= 15 is 0 Å². The first-order chi connectivity index (χ1) is 10.3. The normalized spacial score (nSPS) is 26.9. The molecule has 2 saturated heterocycles. The molecule has 2 rings (SSSR count). The SMILES string of the molecule is CCN1CCOC(CN2CCCN(CCCCN)CC2)C1. The van der Waals surface area contributed by atoms with E-state index in [0.717, 1.165) is 45.8 Å². The van der Waals surface area contributed by atoms with Crippen molar-refractivity contribution in [3.8, 4) is 0 Å². The standard InChI is InChI=1S/C16H34N4O/c1-2-18-12-13-21-16(14-18)15-20-9-5-8-19(10-11-20)7-4-3-6-17/h16H,2-15,17H2,1H3. The molecule has 2 fully saturated rings. The molecule has 0 aromatic rings. The fourth-order valence-electron chi connectivity index (χ4n) is 3.38. The average Bonchev–Trinajstić information content (AvgIpc) is 2.73. The van der Waals surface area contributed by atoms with Gasteiger partial charge in [-0.3, -0.25) is 9.80 Å². The number of hydrogen-bond acceptors (Lipinski definition) is 5. The molecule has 1 atom stereocenters. The second-order valence-electron chi connectivity index (χ2n) is 6.38. The number of nitrogens with two attached hydrogens (primary N) is 1. The van der Waals surface area contributed by atoms with Crippen molar-refractivity contribution in [2.24, 2.45) is 5.73 Å². The van der Waals surface area contributed by atoms with Gasteiger partial charge in [0.25, 0.3) is 0 Å². The van der Waals surface area contributed by atoms with Crippen LogP contribution in [0.1, 0.15) is 26.2 Å². The van der Waals surface area contributed by atoms with E-state index in [0.29, 0.717) is 6.10 Å². The highest BCUT2D eigenvalue weighted by Crippen LogP contribution is 2.10. The van der Waals surface area contributed by atoms with Crippen LogP contribution in [0.25, 0.3) is 0 Å². The highest BCUT2D eigenvalue weighted by molar-refractivity contribution is 4.77. The predicted molar refractivity (Wildman–Crippen MR) is 87.6 cm³/mol. The van der Waals surface area contributed by atoms with Crippen molar-refractivity contribution in [1.29, 1.82) is 0 Å². The fraction of sp³-hybridized carbons (Fsp3) is 1.00. The van der Waals surface area contributed by atoms with Gasteiger partial charge in [0.05, 0.1) is 12.7 Å². The van der Waals surface area contributed by atoms with Crippen molar-refractivity contribution in [3.05, 3.63) is 0 Å². The van der Waals surface area contributed by atoms with E-state index in [9.17, 15) is 0 Å². The molecule has 2 aliphatic heterocycles. The Labute approximate surface area is 130 Å². The molecule has 0 saturated carbocycles. The molecule has 5 heteroatoms. The first kappa shape index (κ1) is 17.2. The number of likely N-dealkylation sites (N-methyl/N-ethyl adjacent to an activating group) is 1. The smallest absolute Gasteiger partial charge is 0.0829 e. The maximum atomic E-state index is 5.95. The van der Waals surface area contributed by atoms with Crippen molar-refractivity contribution in [2.45, 2.75) is 32.3 Å². The summed E-state index contributed by atoms with van der Waals surface area (Å²) in [5, 5.41) is 0. The summed E-state index contributed by atoms with van der Waals surface area (Å²) in [5.74, 6) is 0. The minimum atomic E-state index is 0.405. The minimum Gasteiger partial charge on any atom is -0.374 e. The highest BCUT2D eigenvalue weighted by atomic mass is 16.5. The molecule has 2 heterocycles. The van der Waals surface area contributed by atoms with Crippen molar-refractivity contribution in [2.75, 3.05) is 72.1 Å². The molecular formula is C16H34N4O. The second-order valence-corrected chi connectivity index (χ2v) is 6.38. The van der Waals surface area contributed by atoms with E-state index in [1.807, 2.05) is 0 Å². The molecule has 2 aliphatic rings. The summed E-state index contributed by atoms with van der Waals surface area (Å²) >= 11 is 0. The van der Waals surface area contributed by atoms with Gasteiger partial charge in [-0.05, 0) is 52.0 Å². The van der Waals surface area contributed by atoms with Gasteiger partial charge in [-0.15, -0.1) is 0 Å². The number of hydrogen-bond donors (Lipinski definition) is 1. The molecule has 0 aromatic carbocycles.